The van der Waals surface area contributed by atoms with Crippen LogP contribution in [0, 0.1) is 22.0 Å². The molecule has 9 heteroatoms. The van der Waals surface area contributed by atoms with Gasteiger partial charge in [0.2, 0.25) is 0 Å². The molecular weight excluding hydrogens is 358 g/mol. The first-order valence-corrected chi connectivity index (χ1v) is 8.95. The summed E-state index contributed by atoms with van der Waals surface area (Å²) in [5.41, 5.74) is 0.945. The summed E-state index contributed by atoms with van der Waals surface area (Å²) in [7, 11) is 0. The van der Waals surface area contributed by atoms with Gasteiger partial charge in [0.1, 0.15) is 10.7 Å². The zero-order valence-corrected chi connectivity index (χ0v) is 14.8. The lowest BCUT2D eigenvalue weighted by Crippen LogP contribution is -2.45. The number of non-ortho nitro benzene ring substituents is 1. The first-order valence-electron chi connectivity index (χ1n) is 8.07. The van der Waals surface area contributed by atoms with E-state index in [4.69, 9.17) is 0 Å². The smallest absolute Gasteiger partial charge is 0.308 e. The Balaban J connectivity index is 1.77. The quantitative estimate of drug-likeness (QED) is 0.649. The molecule has 26 heavy (non-hydrogen) atoms. The molecule has 1 aliphatic rings. The van der Waals surface area contributed by atoms with Crippen molar-refractivity contribution in [2.45, 2.75) is 13.3 Å². The lowest BCUT2D eigenvalue weighted by molar-refractivity contribution is -0.384. The number of carboxylic acid groups (broad SMARTS) is 1. The second-order valence-electron chi connectivity index (χ2n) is 6.43. The van der Waals surface area contributed by atoms with Crippen molar-refractivity contribution < 1.29 is 19.6 Å². The highest BCUT2D eigenvalue weighted by Crippen LogP contribution is 2.28. The fraction of sp³-hybridized carbons (Fsp3) is 0.353. The fourth-order valence-electron chi connectivity index (χ4n) is 3.09. The van der Waals surface area contributed by atoms with E-state index in [1.807, 2.05) is 6.92 Å². The molecule has 0 spiro atoms. The Morgan fingerprint density at radius 3 is 2.62 bits per heavy atom. The Kier molecular flexibility index (Phi) is 4.99. The maximum Gasteiger partial charge on any atom is 0.308 e. The summed E-state index contributed by atoms with van der Waals surface area (Å²) < 4.78 is 0. The maximum absolute atomic E-state index is 12.7. The van der Waals surface area contributed by atoms with Gasteiger partial charge in [-0.15, -0.1) is 11.3 Å². The number of likely N-dealkylation sites (tertiary alicyclic amines) is 1. The van der Waals surface area contributed by atoms with Crippen LogP contribution in [-0.2, 0) is 4.79 Å². The molecule has 0 aliphatic carbocycles. The SMILES string of the molecule is CC1CC(C(=O)O)CN(C(=O)c2csc(-c3ccc([N+](=O)[O-])cc3)n2)C1. The molecule has 1 fully saturated rings. The van der Waals surface area contributed by atoms with Crippen molar-refractivity contribution >= 4 is 28.9 Å². The Hall–Kier alpha value is -2.81. The number of thiazole rings is 1. The third-order valence-corrected chi connectivity index (χ3v) is 5.24. The Labute approximate surface area is 153 Å². The van der Waals surface area contributed by atoms with Crippen molar-refractivity contribution in [1.82, 2.24) is 9.88 Å². The first kappa shape index (κ1) is 18.0. The summed E-state index contributed by atoms with van der Waals surface area (Å²) in [6.45, 7) is 2.62. The average Bonchev–Trinajstić information content (AvgIpc) is 3.10. The summed E-state index contributed by atoms with van der Waals surface area (Å²) in [6, 6.07) is 5.97. The minimum Gasteiger partial charge on any atom is -0.481 e. The van der Waals surface area contributed by atoms with E-state index in [9.17, 15) is 24.8 Å². The number of hydrogen-bond acceptors (Lipinski definition) is 6. The minimum atomic E-state index is -0.890. The van der Waals surface area contributed by atoms with Crippen LogP contribution in [0.4, 0.5) is 5.69 Å². The molecule has 2 unspecified atom stereocenters. The fourth-order valence-corrected chi connectivity index (χ4v) is 3.89. The van der Waals surface area contributed by atoms with Gasteiger partial charge in [0.25, 0.3) is 11.6 Å². The largest absolute Gasteiger partial charge is 0.481 e. The second kappa shape index (κ2) is 7.20. The molecule has 2 heterocycles. The van der Waals surface area contributed by atoms with E-state index in [2.05, 4.69) is 4.98 Å². The van der Waals surface area contributed by atoms with Crippen LogP contribution in [-0.4, -0.2) is 44.9 Å². The normalized spacial score (nSPS) is 20.0. The van der Waals surface area contributed by atoms with E-state index < -0.39 is 16.8 Å². The molecule has 1 saturated heterocycles. The average molecular weight is 375 g/mol. The monoisotopic (exact) mass is 375 g/mol. The van der Waals surface area contributed by atoms with Gasteiger partial charge >= 0.3 is 5.97 Å². The molecule has 0 radical (unpaired) electrons. The van der Waals surface area contributed by atoms with Crippen LogP contribution in [0.5, 0.6) is 0 Å². The van der Waals surface area contributed by atoms with Gasteiger partial charge in [-0.2, -0.15) is 0 Å². The maximum atomic E-state index is 12.7. The molecule has 1 aromatic heterocycles. The molecule has 1 amide bonds. The third kappa shape index (κ3) is 3.72. The lowest BCUT2D eigenvalue weighted by atomic mass is 9.90. The Morgan fingerprint density at radius 1 is 1.31 bits per heavy atom. The highest BCUT2D eigenvalue weighted by molar-refractivity contribution is 7.13. The van der Waals surface area contributed by atoms with Gasteiger partial charge < -0.3 is 10.0 Å². The minimum absolute atomic E-state index is 0.0105. The lowest BCUT2D eigenvalue weighted by Gasteiger charge is -2.34. The van der Waals surface area contributed by atoms with Crippen LogP contribution in [0.25, 0.3) is 10.6 Å². The zero-order chi connectivity index (χ0) is 18.8. The summed E-state index contributed by atoms with van der Waals surface area (Å²) in [4.78, 5) is 40.1. The van der Waals surface area contributed by atoms with Gasteiger partial charge in [-0.3, -0.25) is 19.7 Å². The number of benzene rings is 1. The molecule has 2 atom stereocenters. The van der Waals surface area contributed by atoms with Crippen LogP contribution in [0.15, 0.2) is 29.6 Å². The van der Waals surface area contributed by atoms with Crippen LogP contribution in [0.1, 0.15) is 23.8 Å². The Morgan fingerprint density at radius 2 is 2.00 bits per heavy atom. The van der Waals surface area contributed by atoms with E-state index in [-0.39, 0.29) is 29.8 Å². The highest BCUT2D eigenvalue weighted by Gasteiger charge is 2.33. The molecule has 136 valence electrons. The summed E-state index contributed by atoms with van der Waals surface area (Å²) in [6.07, 6.45) is 0.560. The molecule has 1 aromatic carbocycles. The molecule has 1 aliphatic heterocycles. The molecule has 1 N–H and O–H groups in total. The van der Waals surface area contributed by atoms with Crippen LogP contribution < -0.4 is 0 Å². The standard InChI is InChI=1S/C17H17N3O5S/c1-10-6-12(17(22)23)8-19(7-10)16(21)14-9-26-15(18-14)11-2-4-13(5-3-11)20(24)25/h2-5,9-10,12H,6-8H2,1H3,(H,22,23). The molecule has 3 rings (SSSR count). The third-order valence-electron chi connectivity index (χ3n) is 4.34. The second-order valence-corrected chi connectivity index (χ2v) is 7.29. The highest BCUT2D eigenvalue weighted by atomic mass is 32.1. The number of rotatable bonds is 4. The molecule has 2 aromatic rings. The van der Waals surface area contributed by atoms with Gasteiger partial charge in [-0.25, -0.2) is 4.98 Å². The summed E-state index contributed by atoms with van der Waals surface area (Å²) >= 11 is 1.27. The predicted molar refractivity (Wildman–Crippen MR) is 95.0 cm³/mol. The van der Waals surface area contributed by atoms with Crippen molar-refractivity contribution in [2.75, 3.05) is 13.1 Å². The number of piperidine rings is 1. The number of nitro benzene ring substituents is 1. The zero-order valence-electron chi connectivity index (χ0n) is 14.0. The number of carboxylic acids is 1. The number of aromatic nitrogens is 1. The number of nitro groups is 1. The van der Waals surface area contributed by atoms with E-state index >= 15 is 0 Å². The van der Waals surface area contributed by atoms with Crippen molar-refractivity contribution in [2.24, 2.45) is 11.8 Å². The van der Waals surface area contributed by atoms with Crippen molar-refractivity contribution in [1.29, 1.82) is 0 Å². The van der Waals surface area contributed by atoms with E-state index in [1.165, 1.54) is 23.5 Å². The van der Waals surface area contributed by atoms with Crippen LogP contribution in [0.2, 0.25) is 0 Å². The van der Waals surface area contributed by atoms with E-state index in [0.29, 0.717) is 23.5 Å². The number of hydrogen-bond donors (Lipinski definition) is 1. The topological polar surface area (TPSA) is 114 Å². The van der Waals surface area contributed by atoms with Crippen molar-refractivity contribution in [3.63, 3.8) is 0 Å². The van der Waals surface area contributed by atoms with Gasteiger partial charge in [-0.1, -0.05) is 6.92 Å². The molecule has 0 saturated carbocycles. The van der Waals surface area contributed by atoms with Gasteiger partial charge in [0, 0.05) is 36.2 Å². The van der Waals surface area contributed by atoms with Crippen molar-refractivity contribution in [3.05, 3.63) is 45.5 Å². The number of carbonyl (C=O) groups is 2. The van der Waals surface area contributed by atoms with Crippen LogP contribution >= 0.6 is 11.3 Å². The molecule has 0 bridgehead atoms. The number of nitrogens with zero attached hydrogens (tertiary/aromatic N) is 3. The van der Waals surface area contributed by atoms with Gasteiger partial charge in [0.05, 0.1) is 10.8 Å². The molecule has 8 nitrogen and oxygen atoms in total. The van der Waals surface area contributed by atoms with Gasteiger partial charge in [-0.05, 0) is 24.5 Å². The van der Waals surface area contributed by atoms with Crippen molar-refractivity contribution in [3.8, 4) is 10.6 Å². The number of carbonyl (C=O) groups excluding carboxylic acids is 1. The predicted octanol–water partition coefficient (Wildman–Crippen LogP) is 2.90. The van der Waals surface area contributed by atoms with Crippen LogP contribution in [0.3, 0.4) is 0 Å². The summed E-state index contributed by atoms with van der Waals surface area (Å²) in [5, 5.41) is 22.2. The van der Waals surface area contributed by atoms with Gasteiger partial charge in [0.15, 0.2) is 0 Å². The number of aliphatic carboxylic acids is 1. The van der Waals surface area contributed by atoms with E-state index in [0.717, 1.165) is 0 Å². The van der Waals surface area contributed by atoms with E-state index in [1.54, 1.807) is 22.4 Å². The molecular formula is C17H17N3O5S. The first-order chi connectivity index (χ1) is 12.3. The number of amides is 1. The Bertz CT molecular complexity index is 848. The summed E-state index contributed by atoms with van der Waals surface area (Å²) in [5.74, 6) is -1.62.